The maximum atomic E-state index is 12.8. The zero-order valence-corrected chi connectivity index (χ0v) is 21.9. The normalized spacial score (nSPS) is 10.8. The van der Waals surface area contributed by atoms with E-state index in [2.05, 4.69) is 34.3 Å². The second-order valence-electron chi connectivity index (χ2n) is 8.27. The molecule has 1 heterocycles. The fraction of sp³-hybridized carbons (Fsp3) is 0.250. The molecule has 0 bridgehead atoms. The average molecular weight is 502 g/mol. The van der Waals surface area contributed by atoms with Crippen LogP contribution in [0.4, 0.5) is 11.4 Å². The second kappa shape index (κ2) is 11.8. The summed E-state index contributed by atoms with van der Waals surface area (Å²) in [5.74, 6) is 1.54. The van der Waals surface area contributed by atoms with Crippen LogP contribution in [-0.2, 0) is 4.79 Å². The van der Waals surface area contributed by atoms with Gasteiger partial charge in [0.15, 0.2) is 11.0 Å². The smallest absolute Gasteiger partial charge is 0.234 e. The van der Waals surface area contributed by atoms with Gasteiger partial charge in [0.1, 0.15) is 5.75 Å². The lowest BCUT2D eigenvalue weighted by Crippen LogP contribution is -2.21. The van der Waals surface area contributed by atoms with Crippen molar-refractivity contribution >= 4 is 29.0 Å². The van der Waals surface area contributed by atoms with Crippen molar-refractivity contribution in [1.82, 2.24) is 14.8 Å². The minimum absolute atomic E-state index is 0.100. The third kappa shape index (κ3) is 5.88. The van der Waals surface area contributed by atoms with Crippen LogP contribution in [0.3, 0.4) is 0 Å². The number of carbonyl (C=O) groups is 1. The lowest BCUT2D eigenvalue weighted by molar-refractivity contribution is -0.113. The van der Waals surface area contributed by atoms with Crippen LogP contribution in [0.5, 0.6) is 5.75 Å². The fourth-order valence-electron chi connectivity index (χ4n) is 3.91. The Morgan fingerprint density at radius 2 is 1.72 bits per heavy atom. The summed E-state index contributed by atoms with van der Waals surface area (Å²) in [6.07, 6.45) is 0. The molecule has 4 aromatic rings. The first-order valence-corrected chi connectivity index (χ1v) is 13.0. The molecule has 0 fully saturated rings. The van der Waals surface area contributed by atoms with Gasteiger partial charge in [-0.3, -0.25) is 9.36 Å². The van der Waals surface area contributed by atoms with Gasteiger partial charge in [-0.25, -0.2) is 0 Å². The Bertz CT molecular complexity index is 1300. The molecular formula is C28H31N5O2S. The van der Waals surface area contributed by atoms with Crippen molar-refractivity contribution in [2.75, 3.05) is 36.2 Å². The number of carbonyl (C=O) groups excluding carboxylic acids is 1. The molecule has 0 unspecified atom stereocenters. The maximum Gasteiger partial charge on any atom is 0.234 e. The van der Waals surface area contributed by atoms with E-state index in [0.717, 1.165) is 47.0 Å². The molecule has 4 rings (SSSR count). The minimum Gasteiger partial charge on any atom is -0.497 e. The number of hydrogen-bond donors (Lipinski definition) is 1. The van der Waals surface area contributed by atoms with Gasteiger partial charge < -0.3 is 15.0 Å². The van der Waals surface area contributed by atoms with E-state index in [0.29, 0.717) is 11.0 Å². The first kappa shape index (κ1) is 25.3. The predicted octanol–water partition coefficient (Wildman–Crippen LogP) is 5.83. The van der Waals surface area contributed by atoms with Gasteiger partial charge in [-0.05, 0) is 69.3 Å². The number of nitrogens with zero attached hydrogens (tertiary/aromatic N) is 4. The Hall–Kier alpha value is -3.78. The van der Waals surface area contributed by atoms with Crippen molar-refractivity contribution < 1.29 is 9.53 Å². The van der Waals surface area contributed by atoms with Gasteiger partial charge >= 0.3 is 0 Å². The highest BCUT2D eigenvalue weighted by Crippen LogP contribution is 2.30. The summed E-state index contributed by atoms with van der Waals surface area (Å²) < 4.78 is 7.37. The van der Waals surface area contributed by atoms with E-state index in [9.17, 15) is 4.79 Å². The first-order valence-electron chi connectivity index (χ1n) is 12.0. The number of thioether (sulfide) groups is 1. The molecule has 0 spiro atoms. The van der Waals surface area contributed by atoms with Gasteiger partial charge in [0.25, 0.3) is 0 Å². The standard InChI is InChI=1S/C28H31N5O2S/c1-5-32(6-2)23-16-12-22(13-17-23)29-26(34)19-36-28-31-30-27(21-8-7-9-25(18-21)35-4)33(28)24-14-10-20(3)11-15-24/h7-18H,5-6,19H2,1-4H3,(H,29,34). The number of rotatable bonds is 10. The quantitative estimate of drug-likeness (QED) is 0.276. The van der Waals surface area contributed by atoms with Gasteiger partial charge in [-0.2, -0.15) is 0 Å². The summed E-state index contributed by atoms with van der Waals surface area (Å²) in [5.41, 5.74) is 4.89. The number of nitrogens with one attached hydrogen (secondary N) is 1. The molecule has 1 aromatic heterocycles. The molecule has 0 aliphatic rings. The summed E-state index contributed by atoms with van der Waals surface area (Å²) >= 11 is 1.35. The largest absolute Gasteiger partial charge is 0.497 e. The molecule has 8 heteroatoms. The number of ether oxygens (including phenoxy) is 1. The molecule has 0 atom stereocenters. The molecule has 186 valence electrons. The van der Waals surface area contributed by atoms with Crippen LogP contribution >= 0.6 is 11.8 Å². The van der Waals surface area contributed by atoms with Gasteiger partial charge in [-0.15, -0.1) is 10.2 Å². The fourth-order valence-corrected chi connectivity index (χ4v) is 4.66. The first-order chi connectivity index (χ1) is 17.5. The molecule has 3 aromatic carbocycles. The minimum atomic E-state index is -0.100. The number of aryl methyl sites for hydroxylation is 1. The van der Waals surface area contributed by atoms with E-state index >= 15 is 0 Å². The highest BCUT2D eigenvalue weighted by Gasteiger charge is 2.18. The average Bonchev–Trinajstić information content (AvgIpc) is 3.33. The van der Waals surface area contributed by atoms with E-state index in [4.69, 9.17) is 4.74 Å². The molecule has 1 N–H and O–H groups in total. The molecule has 1 amide bonds. The Kier molecular flexibility index (Phi) is 8.28. The van der Waals surface area contributed by atoms with Crippen molar-refractivity contribution in [1.29, 1.82) is 0 Å². The molecule has 0 aliphatic carbocycles. The summed E-state index contributed by atoms with van der Waals surface area (Å²) in [6, 6.07) is 23.8. The lowest BCUT2D eigenvalue weighted by atomic mass is 10.2. The predicted molar refractivity (Wildman–Crippen MR) is 147 cm³/mol. The maximum absolute atomic E-state index is 12.8. The summed E-state index contributed by atoms with van der Waals surface area (Å²) in [6.45, 7) is 8.20. The molecule has 0 aliphatic heterocycles. The molecule has 0 saturated carbocycles. The molecule has 7 nitrogen and oxygen atoms in total. The van der Waals surface area contributed by atoms with Crippen molar-refractivity contribution in [3.05, 3.63) is 78.4 Å². The summed E-state index contributed by atoms with van der Waals surface area (Å²) in [4.78, 5) is 15.0. The lowest BCUT2D eigenvalue weighted by Gasteiger charge is -2.21. The topological polar surface area (TPSA) is 72.3 Å². The van der Waals surface area contributed by atoms with Crippen LogP contribution in [0.1, 0.15) is 19.4 Å². The van der Waals surface area contributed by atoms with Crippen LogP contribution in [0.25, 0.3) is 17.1 Å². The zero-order chi connectivity index (χ0) is 25.5. The highest BCUT2D eigenvalue weighted by atomic mass is 32.2. The van der Waals surface area contributed by atoms with Gasteiger partial charge in [-0.1, -0.05) is 41.6 Å². The van der Waals surface area contributed by atoms with Crippen molar-refractivity contribution in [3.63, 3.8) is 0 Å². The van der Waals surface area contributed by atoms with Crippen LogP contribution < -0.4 is 15.0 Å². The van der Waals surface area contributed by atoms with Crippen LogP contribution in [0, 0.1) is 6.92 Å². The SMILES string of the molecule is CCN(CC)c1ccc(NC(=O)CSc2nnc(-c3cccc(OC)c3)n2-c2ccc(C)cc2)cc1. The summed E-state index contributed by atoms with van der Waals surface area (Å²) in [7, 11) is 1.64. The number of anilines is 2. The van der Waals surface area contributed by atoms with Crippen LogP contribution in [-0.4, -0.2) is 46.6 Å². The number of amides is 1. The molecule has 0 saturated heterocycles. The molecular weight excluding hydrogens is 470 g/mol. The number of hydrogen-bond acceptors (Lipinski definition) is 6. The van der Waals surface area contributed by atoms with E-state index in [1.807, 2.05) is 84.3 Å². The van der Waals surface area contributed by atoms with Gasteiger partial charge in [0, 0.05) is 35.7 Å². The van der Waals surface area contributed by atoms with Crippen molar-refractivity contribution in [2.45, 2.75) is 25.9 Å². The Balaban J connectivity index is 1.53. The van der Waals surface area contributed by atoms with E-state index in [1.54, 1.807) is 7.11 Å². The monoisotopic (exact) mass is 501 g/mol. The van der Waals surface area contributed by atoms with Crippen molar-refractivity contribution in [2.24, 2.45) is 0 Å². The third-order valence-electron chi connectivity index (χ3n) is 5.87. The van der Waals surface area contributed by atoms with Crippen molar-refractivity contribution in [3.8, 4) is 22.8 Å². The Morgan fingerprint density at radius 1 is 1.00 bits per heavy atom. The third-order valence-corrected chi connectivity index (χ3v) is 6.79. The molecule has 0 radical (unpaired) electrons. The zero-order valence-electron chi connectivity index (χ0n) is 21.1. The van der Waals surface area contributed by atoms with Gasteiger partial charge in [0.05, 0.1) is 12.9 Å². The van der Waals surface area contributed by atoms with E-state index in [1.165, 1.54) is 11.8 Å². The number of benzene rings is 3. The highest BCUT2D eigenvalue weighted by molar-refractivity contribution is 7.99. The summed E-state index contributed by atoms with van der Waals surface area (Å²) in [5, 5.41) is 12.5. The van der Waals surface area contributed by atoms with E-state index in [-0.39, 0.29) is 11.7 Å². The number of methoxy groups -OCH3 is 1. The number of aromatic nitrogens is 3. The second-order valence-corrected chi connectivity index (χ2v) is 9.21. The Morgan fingerprint density at radius 3 is 2.39 bits per heavy atom. The molecule has 36 heavy (non-hydrogen) atoms. The van der Waals surface area contributed by atoms with Crippen LogP contribution in [0.2, 0.25) is 0 Å². The Labute approximate surface area is 216 Å². The van der Waals surface area contributed by atoms with Crippen LogP contribution in [0.15, 0.2) is 78.0 Å². The van der Waals surface area contributed by atoms with E-state index < -0.39 is 0 Å². The van der Waals surface area contributed by atoms with Gasteiger partial charge in [0.2, 0.25) is 5.91 Å².